The van der Waals surface area contributed by atoms with Crippen molar-refractivity contribution in [3.05, 3.63) is 61.6 Å². The van der Waals surface area contributed by atoms with Crippen LogP contribution in [0.2, 0.25) is 5.02 Å². The highest BCUT2D eigenvalue weighted by Crippen LogP contribution is 2.34. The second kappa shape index (κ2) is 5.59. The van der Waals surface area contributed by atoms with E-state index in [9.17, 15) is 10.1 Å². The van der Waals surface area contributed by atoms with Gasteiger partial charge in [-0.15, -0.1) is 0 Å². The van der Waals surface area contributed by atoms with Crippen molar-refractivity contribution in [3.8, 4) is 11.5 Å². The number of hydrogen-bond acceptors (Lipinski definition) is 3. The van der Waals surface area contributed by atoms with Gasteiger partial charge < -0.3 is 4.74 Å². The first-order valence-corrected chi connectivity index (χ1v) is 6.52. The fourth-order valence-electron chi connectivity index (χ4n) is 1.56. The van der Waals surface area contributed by atoms with Crippen LogP contribution in [0.3, 0.4) is 0 Å². The molecule has 0 heterocycles. The molecule has 0 aliphatic carbocycles. The molecule has 6 heteroatoms. The van der Waals surface area contributed by atoms with Crippen LogP contribution in [0.1, 0.15) is 5.56 Å². The molecule has 0 saturated heterocycles. The monoisotopic (exact) mass is 341 g/mol. The molecular formula is C13H9BrClNO3. The number of ether oxygens (including phenoxy) is 1. The second-order valence-corrected chi connectivity index (χ2v) is 5.21. The summed E-state index contributed by atoms with van der Waals surface area (Å²) < 4.78 is 6.55. The van der Waals surface area contributed by atoms with Crippen LogP contribution in [0, 0.1) is 17.0 Å². The Morgan fingerprint density at radius 3 is 2.68 bits per heavy atom. The average molecular weight is 343 g/mol. The third-order valence-corrected chi connectivity index (χ3v) is 3.26. The van der Waals surface area contributed by atoms with Gasteiger partial charge in [-0.1, -0.05) is 33.6 Å². The van der Waals surface area contributed by atoms with Gasteiger partial charge in [0.2, 0.25) is 0 Å². The first-order valence-electron chi connectivity index (χ1n) is 5.35. The maximum absolute atomic E-state index is 10.8. The van der Waals surface area contributed by atoms with Crippen LogP contribution in [0.15, 0.2) is 40.9 Å². The summed E-state index contributed by atoms with van der Waals surface area (Å²) in [4.78, 5) is 10.2. The number of halogens is 2. The molecule has 2 aromatic carbocycles. The van der Waals surface area contributed by atoms with Gasteiger partial charge in [-0.3, -0.25) is 10.1 Å². The summed E-state index contributed by atoms with van der Waals surface area (Å²) in [6.45, 7) is 1.73. The summed E-state index contributed by atoms with van der Waals surface area (Å²) in [5.74, 6) is 1.12. The molecule has 0 bridgehead atoms. The van der Waals surface area contributed by atoms with Crippen LogP contribution in [0.4, 0.5) is 5.69 Å². The number of nitro groups is 1. The first kappa shape index (κ1) is 13.8. The molecule has 0 atom stereocenters. The Bertz CT molecular complexity index is 646. The Balaban J connectivity index is 2.36. The molecule has 2 rings (SSSR count). The number of benzene rings is 2. The zero-order valence-corrected chi connectivity index (χ0v) is 12.2. The van der Waals surface area contributed by atoms with Crippen LogP contribution in [-0.2, 0) is 0 Å². The van der Waals surface area contributed by atoms with Gasteiger partial charge in [-0.05, 0) is 30.7 Å². The molecule has 0 radical (unpaired) electrons. The summed E-state index contributed by atoms with van der Waals surface area (Å²) in [6.07, 6.45) is 0. The number of aryl methyl sites for hydroxylation is 1. The smallest absolute Gasteiger partial charge is 0.288 e. The zero-order valence-electron chi connectivity index (χ0n) is 9.89. The predicted molar refractivity (Wildman–Crippen MR) is 77.1 cm³/mol. The maximum Gasteiger partial charge on any atom is 0.288 e. The Hall–Kier alpha value is -1.59. The van der Waals surface area contributed by atoms with Crippen LogP contribution in [0.25, 0.3) is 0 Å². The van der Waals surface area contributed by atoms with Crippen LogP contribution < -0.4 is 4.74 Å². The van der Waals surface area contributed by atoms with Crippen molar-refractivity contribution in [3.63, 3.8) is 0 Å². The average Bonchev–Trinajstić information content (AvgIpc) is 2.33. The van der Waals surface area contributed by atoms with Crippen molar-refractivity contribution in [2.24, 2.45) is 0 Å². The van der Waals surface area contributed by atoms with Crippen molar-refractivity contribution < 1.29 is 9.66 Å². The number of hydrogen-bond donors (Lipinski definition) is 0. The lowest BCUT2D eigenvalue weighted by atomic mass is 10.2. The second-order valence-electron chi connectivity index (χ2n) is 3.89. The Morgan fingerprint density at radius 2 is 2.05 bits per heavy atom. The van der Waals surface area contributed by atoms with E-state index in [4.69, 9.17) is 16.3 Å². The minimum absolute atomic E-state index is 0.0561. The van der Waals surface area contributed by atoms with Gasteiger partial charge in [0.05, 0.1) is 4.92 Å². The lowest BCUT2D eigenvalue weighted by Crippen LogP contribution is -1.93. The Labute approximate surface area is 123 Å². The van der Waals surface area contributed by atoms with Crippen LogP contribution in [0.5, 0.6) is 11.5 Å². The van der Waals surface area contributed by atoms with E-state index in [1.807, 2.05) is 12.1 Å². The summed E-state index contributed by atoms with van der Waals surface area (Å²) in [5.41, 5.74) is 0.525. The van der Waals surface area contributed by atoms with Crippen LogP contribution >= 0.6 is 27.5 Å². The van der Waals surface area contributed by atoms with E-state index in [1.54, 1.807) is 19.1 Å². The third kappa shape index (κ3) is 3.24. The molecule has 0 aliphatic rings. The summed E-state index contributed by atoms with van der Waals surface area (Å²) >= 11 is 9.21. The molecule has 98 valence electrons. The molecule has 0 spiro atoms. The van der Waals surface area contributed by atoms with Gasteiger partial charge in [0.25, 0.3) is 5.69 Å². The van der Waals surface area contributed by atoms with Crippen molar-refractivity contribution in [1.29, 1.82) is 0 Å². The summed E-state index contributed by atoms with van der Waals surface area (Å²) in [5, 5.41) is 10.8. The highest BCUT2D eigenvalue weighted by molar-refractivity contribution is 9.10. The lowest BCUT2D eigenvalue weighted by molar-refractivity contribution is -0.384. The van der Waals surface area contributed by atoms with Gasteiger partial charge in [-0.25, -0.2) is 0 Å². The summed E-state index contributed by atoms with van der Waals surface area (Å²) in [7, 11) is 0. The van der Waals surface area contributed by atoms with Crippen molar-refractivity contribution in [1.82, 2.24) is 0 Å². The number of nitrogens with zero attached hydrogens (tertiary/aromatic N) is 1. The minimum Gasteiger partial charge on any atom is -0.457 e. The zero-order chi connectivity index (χ0) is 14.0. The lowest BCUT2D eigenvalue weighted by Gasteiger charge is -2.09. The number of nitro benzene ring substituents is 1. The fourth-order valence-corrected chi connectivity index (χ4v) is 2.16. The quantitative estimate of drug-likeness (QED) is 0.575. The standard InChI is InChI=1S/C13H9BrClNO3/c1-8-5-12(16(17)18)11(15)7-13(8)19-10-4-2-3-9(14)6-10/h2-7H,1H3. The molecule has 0 amide bonds. The largest absolute Gasteiger partial charge is 0.457 e. The number of rotatable bonds is 3. The first-order chi connectivity index (χ1) is 8.97. The molecule has 4 nitrogen and oxygen atoms in total. The van der Waals surface area contributed by atoms with E-state index < -0.39 is 4.92 Å². The third-order valence-electron chi connectivity index (χ3n) is 2.46. The van der Waals surface area contributed by atoms with E-state index in [0.29, 0.717) is 17.1 Å². The van der Waals surface area contributed by atoms with Gasteiger partial charge in [0.15, 0.2) is 0 Å². The molecule has 0 unspecified atom stereocenters. The van der Waals surface area contributed by atoms with Crippen LogP contribution in [-0.4, -0.2) is 4.92 Å². The molecule has 0 saturated carbocycles. The van der Waals surface area contributed by atoms with Crippen molar-refractivity contribution in [2.45, 2.75) is 6.92 Å². The molecule has 19 heavy (non-hydrogen) atoms. The van der Waals surface area contributed by atoms with E-state index in [2.05, 4.69) is 15.9 Å². The normalized spacial score (nSPS) is 10.3. The van der Waals surface area contributed by atoms with E-state index in [1.165, 1.54) is 12.1 Å². The van der Waals surface area contributed by atoms with Gasteiger partial charge in [0, 0.05) is 16.6 Å². The Kier molecular flexibility index (Phi) is 4.07. The SMILES string of the molecule is Cc1cc([N+](=O)[O-])c(Cl)cc1Oc1cccc(Br)c1. The van der Waals surface area contributed by atoms with Crippen molar-refractivity contribution in [2.75, 3.05) is 0 Å². The van der Waals surface area contributed by atoms with Gasteiger partial charge in [-0.2, -0.15) is 0 Å². The predicted octanol–water partition coefficient (Wildman–Crippen LogP) is 5.11. The molecular weight excluding hydrogens is 334 g/mol. The van der Waals surface area contributed by atoms with E-state index >= 15 is 0 Å². The van der Waals surface area contributed by atoms with E-state index in [-0.39, 0.29) is 10.7 Å². The molecule has 2 aromatic rings. The van der Waals surface area contributed by atoms with Gasteiger partial charge in [0.1, 0.15) is 16.5 Å². The minimum atomic E-state index is -0.516. The highest BCUT2D eigenvalue weighted by Gasteiger charge is 2.16. The molecule has 0 N–H and O–H groups in total. The van der Waals surface area contributed by atoms with E-state index in [0.717, 1.165) is 4.47 Å². The summed E-state index contributed by atoms with van der Waals surface area (Å²) in [6, 6.07) is 10.2. The molecule has 0 fully saturated rings. The fraction of sp³-hybridized carbons (Fsp3) is 0.0769. The Morgan fingerprint density at radius 1 is 1.32 bits per heavy atom. The van der Waals surface area contributed by atoms with Crippen molar-refractivity contribution >= 4 is 33.2 Å². The topological polar surface area (TPSA) is 52.4 Å². The maximum atomic E-state index is 10.8. The molecule has 0 aliphatic heterocycles. The van der Waals surface area contributed by atoms with Gasteiger partial charge >= 0.3 is 0 Å². The highest BCUT2D eigenvalue weighted by atomic mass is 79.9. The molecule has 0 aromatic heterocycles.